The molecule has 0 aromatic heterocycles. The van der Waals surface area contributed by atoms with Crippen LogP contribution in [0.25, 0.3) is 22.3 Å². The number of rotatable bonds is 2. The Morgan fingerprint density at radius 3 is 1.65 bits per heavy atom. The van der Waals surface area contributed by atoms with Crippen molar-refractivity contribution in [2.24, 2.45) is 0 Å². The summed E-state index contributed by atoms with van der Waals surface area (Å²) in [5.74, 6) is -0.247. The second kappa shape index (κ2) is 8.22. The highest BCUT2D eigenvalue weighted by molar-refractivity contribution is 6.48. The van der Waals surface area contributed by atoms with Crippen molar-refractivity contribution in [3.05, 3.63) is 75.6 Å². The van der Waals surface area contributed by atoms with Crippen molar-refractivity contribution in [1.82, 2.24) is 0 Å². The molecule has 161 valence electrons. The lowest BCUT2D eigenvalue weighted by Gasteiger charge is -2.28. The molecule has 3 radical (unpaired) electrons. The molecule has 0 heterocycles. The molecule has 0 aliphatic rings. The second-order valence-electron chi connectivity index (χ2n) is 10.5. The van der Waals surface area contributed by atoms with Crippen LogP contribution in [0.2, 0.25) is 5.02 Å². The predicted molar refractivity (Wildman–Crippen MR) is 135 cm³/mol. The van der Waals surface area contributed by atoms with Crippen LogP contribution >= 0.6 is 11.6 Å². The van der Waals surface area contributed by atoms with Gasteiger partial charge in [0, 0.05) is 5.02 Å². The summed E-state index contributed by atoms with van der Waals surface area (Å²) in [6, 6.07) is 13.5. The van der Waals surface area contributed by atoms with Crippen molar-refractivity contribution < 1.29 is 4.39 Å². The SMILES string of the molecule is Cc1c(Cl)c([Si])c(-c2ccc(F)cc2)c(C)c1-c1cc(C(C)(C)C)cc(C(C)(C)C)c1. The molecule has 0 fully saturated rings. The van der Waals surface area contributed by atoms with Crippen molar-refractivity contribution in [3.8, 4) is 22.3 Å². The second-order valence-corrected chi connectivity index (χ2v) is 11.4. The van der Waals surface area contributed by atoms with Crippen molar-refractivity contribution in [3.63, 3.8) is 0 Å². The van der Waals surface area contributed by atoms with E-state index in [1.807, 2.05) is 12.1 Å². The monoisotopic (exact) mass is 449 g/mol. The maximum Gasteiger partial charge on any atom is 0.123 e. The smallest absolute Gasteiger partial charge is 0.123 e. The fourth-order valence-electron chi connectivity index (χ4n) is 4.05. The summed E-state index contributed by atoms with van der Waals surface area (Å²) in [4.78, 5) is 0. The molecule has 0 aliphatic carbocycles. The van der Waals surface area contributed by atoms with Crippen LogP contribution in [-0.2, 0) is 10.8 Å². The Bertz CT molecular complexity index is 1100. The maximum absolute atomic E-state index is 13.6. The van der Waals surface area contributed by atoms with E-state index >= 15 is 0 Å². The van der Waals surface area contributed by atoms with Gasteiger partial charge in [-0.3, -0.25) is 0 Å². The standard InChI is InChI=1S/C28H31ClFSi/c1-16-23(19-13-20(27(3,4)5)15-21(14-19)28(6,7)8)17(2)25(29)26(31)24(16)18-9-11-22(30)12-10-18/h9-15H,1-8H3. The first-order valence-corrected chi connectivity index (χ1v) is 11.6. The Hall–Kier alpha value is -1.90. The third-order valence-electron chi connectivity index (χ3n) is 6.01. The molecule has 3 heteroatoms. The first-order valence-electron chi connectivity index (χ1n) is 10.7. The van der Waals surface area contributed by atoms with E-state index in [1.165, 1.54) is 28.8 Å². The Balaban J connectivity index is 2.39. The lowest BCUT2D eigenvalue weighted by Crippen LogP contribution is -2.17. The molecule has 31 heavy (non-hydrogen) atoms. The van der Waals surface area contributed by atoms with Gasteiger partial charge < -0.3 is 0 Å². The minimum Gasteiger partial charge on any atom is -0.207 e. The third kappa shape index (κ3) is 4.66. The first-order chi connectivity index (χ1) is 14.2. The average Bonchev–Trinajstić information content (AvgIpc) is 2.66. The van der Waals surface area contributed by atoms with Gasteiger partial charge in [-0.15, -0.1) is 0 Å². The minimum absolute atomic E-state index is 0.0242. The highest BCUT2D eigenvalue weighted by Gasteiger charge is 2.24. The summed E-state index contributed by atoms with van der Waals surface area (Å²) in [5, 5.41) is 1.53. The van der Waals surface area contributed by atoms with Crippen LogP contribution in [0.4, 0.5) is 4.39 Å². The Morgan fingerprint density at radius 1 is 0.710 bits per heavy atom. The van der Waals surface area contributed by atoms with Crippen molar-refractivity contribution in [1.29, 1.82) is 0 Å². The molecule has 3 aromatic rings. The number of benzene rings is 3. The van der Waals surface area contributed by atoms with Gasteiger partial charge in [0.05, 0.1) is 10.2 Å². The summed E-state index contributed by atoms with van der Waals surface area (Å²) >= 11 is 6.83. The molecule has 0 saturated heterocycles. The van der Waals surface area contributed by atoms with E-state index in [-0.39, 0.29) is 16.6 Å². The van der Waals surface area contributed by atoms with Crippen LogP contribution < -0.4 is 5.19 Å². The van der Waals surface area contributed by atoms with E-state index in [0.29, 0.717) is 5.02 Å². The molecule has 3 rings (SSSR count). The van der Waals surface area contributed by atoms with E-state index < -0.39 is 0 Å². The third-order valence-corrected chi connectivity index (χ3v) is 7.14. The van der Waals surface area contributed by atoms with Crippen molar-refractivity contribution >= 4 is 27.0 Å². The van der Waals surface area contributed by atoms with Gasteiger partial charge in [-0.1, -0.05) is 83.5 Å². The van der Waals surface area contributed by atoms with Crippen molar-refractivity contribution in [2.75, 3.05) is 0 Å². The van der Waals surface area contributed by atoms with Gasteiger partial charge in [0.1, 0.15) is 5.82 Å². The number of hydrogen-bond acceptors (Lipinski definition) is 0. The Labute approximate surface area is 195 Å². The van der Waals surface area contributed by atoms with E-state index in [4.69, 9.17) is 11.6 Å². The molecule has 0 amide bonds. The molecule has 0 atom stereocenters. The van der Waals surface area contributed by atoms with Crippen LogP contribution in [0.1, 0.15) is 63.8 Å². The first kappa shape index (κ1) is 23.8. The van der Waals surface area contributed by atoms with Crippen LogP contribution in [0.3, 0.4) is 0 Å². The highest BCUT2D eigenvalue weighted by atomic mass is 35.5. The zero-order chi connectivity index (χ0) is 23.3. The van der Waals surface area contributed by atoms with E-state index in [9.17, 15) is 4.39 Å². The van der Waals surface area contributed by atoms with Gasteiger partial charge in [-0.2, -0.15) is 0 Å². The van der Waals surface area contributed by atoms with Gasteiger partial charge in [-0.05, 0) is 86.5 Å². The molecule has 0 saturated carbocycles. The van der Waals surface area contributed by atoms with Crippen LogP contribution in [0, 0.1) is 19.7 Å². The van der Waals surface area contributed by atoms with Crippen LogP contribution in [0.15, 0.2) is 42.5 Å². The summed E-state index contributed by atoms with van der Waals surface area (Å²) in [7, 11) is 3.77. The van der Waals surface area contributed by atoms with Gasteiger partial charge in [0.15, 0.2) is 0 Å². The Morgan fingerprint density at radius 2 is 1.19 bits per heavy atom. The van der Waals surface area contributed by atoms with Gasteiger partial charge in [0.2, 0.25) is 0 Å². The van der Waals surface area contributed by atoms with Gasteiger partial charge in [-0.25, -0.2) is 4.39 Å². The van der Waals surface area contributed by atoms with Gasteiger partial charge in [0.25, 0.3) is 0 Å². The normalized spacial score (nSPS) is 12.4. The average molecular weight is 450 g/mol. The van der Waals surface area contributed by atoms with Crippen LogP contribution in [-0.4, -0.2) is 10.2 Å². The van der Waals surface area contributed by atoms with Crippen LogP contribution in [0.5, 0.6) is 0 Å². The number of halogens is 2. The van der Waals surface area contributed by atoms with Crippen molar-refractivity contribution in [2.45, 2.75) is 66.2 Å². The summed E-state index contributed by atoms with van der Waals surface area (Å²) in [5.41, 5.74) is 9.08. The summed E-state index contributed by atoms with van der Waals surface area (Å²) < 4.78 is 13.6. The molecular formula is C28H31ClFSi. The van der Waals surface area contributed by atoms with Gasteiger partial charge >= 0.3 is 0 Å². The molecule has 0 nitrogen and oxygen atoms in total. The van der Waals surface area contributed by atoms with E-state index in [1.54, 1.807) is 0 Å². The molecule has 3 aromatic carbocycles. The molecule has 0 spiro atoms. The molecule has 0 unspecified atom stereocenters. The zero-order valence-corrected chi connectivity index (χ0v) is 21.6. The summed E-state index contributed by atoms with van der Waals surface area (Å²) in [6.45, 7) is 17.7. The topological polar surface area (TPSA) is 0 Å². The lowest BCUT2D eigenvalue weighted by molar-refractivity contribution is 0.569. The summed E-state index contributed by atoms with van der Waals surface area (Å²) in [6.07, 6.45) is 0. The Kier molecular flexibility index (Phi) is 6.30. The largest absolute Gasteiger partial charge is 0.207 e. The minimum atomic E-state index is -0.247. The fourth-order valence-corrected chi connectivity index (χ4v) is 4.76. The molecule has 0 bridgehead atoms. The molecular weight excluding hydrogens is 419 g/mol. The lowest BCUT2D eigenvalue weighted by atomic mass is 9.78. The zero-order valence-electron chi connectivity index (χ0n) is 19.8. The maximum atomic E-state index is 13.6. The fraction of sp³-hybridized carbons (Fsp3) is 0.357. The van der Waals surface area contributed by atoms with E-state index in [0.717, 1.165) is 33.0 Å². The number of hydrogen-bond donors (Lipinski definition) is 0. The quantitative estimate of drug-likeness (QED) is 0.350. The molecule has 0 aliphatic heterocycles. The highest BCUT2D eigenvalue weighted by Crippen LogP contribution is 2.40. The van der Waals surface area contributed by atoms with E-state index in [2.05, 4.69) is 83.8 Å². The predicted octanol–water partition coefficient (Wildman–Crippen LogP) is 7.82. The molecule has 0 N–H and O–H groups in total.